The van der Waals surface area contributed by atoms with Crippen molar-refractivity contribution >= 4 is 41.7 Å². The number of carbonyl (C=O) groups is 1. The molecule has 0 saturated carbocycles. The van der Waals surface area contributed by atoms with Gasteiger partial charge in [-0.1, -0.05) is 6.07 Å². The van der Waals surface area contributed by atoms with Crippen molar-refractivity contribution in [3.8, 4) is 0 Å². The number of aromatic nitrogens is 1. The topological polar surface area (TPSA) is 72.9 Å². The summed E-state index contributed by atoms with van der Waals surface area (Å²) in [4.78, 5) is 24.3. The largest absolute Gasteiger partial charge is 0.358 e. The molecule has 8 heteroatoms. The Labute approximate surface area is 148 Å². The summed E-state index contributed by atoms with van der Waals surface area (Å²) in [6.45, 7) is 3.72. The molecule has 2 rings (SSSR count). The van der Waals surface area contributed by atoms with Gasteiger partial charge in [-0.25, -0.2) is 4.98 Å². The Kier molecular flexibility index (Phi) is 7.92. The second-order valence-corrected chi connectivity index (χ2v) is 4.74. The molecule has 2 N–H and O–H groups in total. The molecule has 1 aromatic heterocycles. The van der Waals surface area contributed by atoms with Crippen LogP contribution in [0, 0.1) is 0 Å². The molecule has 22 heavy (non-hydrogen) atoms. The van der Waals surface area contributed by atoms with Gasteiger partial charge in [0.25, 0.3) is 0 Å². The predicted molar refractivity (Wildman–Crippen MR) is 98.9 cm³/mol. The molecular weight excluding hydrogens is 395 g/mol. The zero-order valence-electron chi connectivity index (χ0n) is 13.0. The third-order valence-corrected chi connectivity index (χ3v) is 3.45. The summed E-state index contributed by atoms with van der Waals surface area (Å²) in [6.07, 6.45) is 1.81. The smallest absolute Gasteiger partial charge is 0.239 e. The second-order valence-electron chi connectivity index (χ2n) is 4.74. The highest BCUT2D eigenvalue weighted by Gasteiger charge is 2.20. The minimum absolute atomic E-state index is 0. The van der Waals surface area contributed by atoms with E-state index >= 15 is 0 Å². The number of piperazine rings is 1. The summed E-state index contributed by atoms with van der Waals surface area (Å²) in [5.74, 6) is 1.72. The summed E-state index contributed by atoms with van der Waals surface area (Å²) in [5, 5.41) is 5.66. The van der Waals surface area contributed by atoms with Crippen molar-refractivity contribution < 1.29 is 4.79 Å². The molecule has 122 valence electrons. The fourth-order valence-electron chi connectivity index (χ4n) is 2.27. The van der Waals surface area contributed by atoms with Crippen LogP contribution in [0.3, 0.4) is 0 Å². The van der Waals surface area contributed by atoms with E-state index in [2.05, 4.69) is 30.4 Å². The number of hydrogen-bond acceptors (Lipinski definition) is 4. The lowest BCUT2D eigenvalue weighted by Gasteiger charge is -2.37. The van der Waals surface area contributed by atoms with Crippen LogP contribution in [0.25, 0.3) is 0 Å². The minimum atomic E-state index is -0.0525. The molecule has 0 unspecified atom stereocenters. The van der Waals surface area contributed by atoms with Gasteiger partial charge in [0.05, 0.1) is 6.54 Å². The lowest BCUT2D eigenvalue weighted by atomic mass is 10.3. The molecule has 0 spiro atoms. The zero-order valence-corrected chi connectivity index (χ0v) is 15.3. The number of halogens is 1. The van der Waals surface area contributed by atoms with Crippen molar-refractivity contribution in [2.45, 2.75) is 0 Å². The van der Waals surface area contributed by atoms with Gasteiger partial charge in [-0.15, -0.1) is 24.0 Å². The maximum absolute atomic E-state index is 11.3. The number of anilines is 1. The Morgan fingerprint density at radius 2 is 2.05 bits per heavy atom. The number of aliphatic imine (C=N–C) groups is 1. The van der Waals surface area contributed by atoms with Crippen LogP contribution in [0.1, 0.15) is 0 Å². The first-order valence-corrected chi connectivity index (χ1v) is 7.06. The Morgan fingerprint density at radius 1 is 1.32 bits per heavy atom. The van der Waals surface area contributed by atoms with E-state index in [1.807, 2.05) is 24.4 Å². The Hall–Kier alpha value is -1.58. The maximum Gasteiger partial charge on any atom is 0.239 e. The first-order valence-electron chi connectivity index (χ1n) is 7.06. The normalized spacial score (nSPS) is 15.1. The van der Waals surface area contributed by atoms with Crippen LogP contribution < -0.4 is 15.5 Å². The lowest BCUT2D eigenvalue weighted by Crippen LogP contribution is -2.53. The van der Waals surface area contributed by atoms with Gasteiger partial charge in [0.1, 0.15) is 5.82 Å². The van der Waals surface area contributed by atoms with Crippen molar-refractivity contribution in [1.29, 1.82) is 0 Å². The molecule has 2 heterocycles. The van der Waals surface area contributed by atoms with Gasteiger partial charge in [0.15, 0.2) is 5.96 Å². The first-order chi connectivity index (χ1) is 10.2. The molecule has 0 bridgehead atoms. The highest BCUT2D eigenvalue weighted by atomic mass is 127. The van der Waals surface area contributed by atoms with Crippen LogP contribution in [0.2, 0.25) is 0 Å². The van der Waals surface area contributed by atoms with Crippen molar-refractivity contribution in [3.63, 3.8) is 0 Å². The zero-order chi connectivity index (χ0) is 15.1. The van der Waals surface area contributed by atoms with Gasteiger partial charge in [-0.3, -0.25) is 9.79 Å². The van der Waals surface area contributed by atoms with Gasteiger partial charge in [-0.05, 0) is 12.1 Å². The van der Waals surface area contributed by atoms with Crippen LogP contribution in [0.4, 0.5) is 5.82 Å². The molecule has 0 aliphatic carbocycles. The molecule has 7 nitrogen and oxygen atoms in total. The maximum atomic E-state index is 11.3. The van der Waals surface area contributed by atoms with Gasteiger partial charge in [0, 0.05) is 46.5 Å². The molecule has 1 saturated heterocycles. The van der Waals surface area contributed by atoms with E-state index in [1.54, 1.807) is 14.1 Å². The van der Waals surface area contributed by atoms with Crippen molar-refractivity contribution in [1.82, 2.24) is 20.5 Å². The highest BCUT2D eigenvalue weighted by molar-refractivity contribution is 14.0. The van der Waals surface area contributed by atoms with E-state index in [4.69, 9.17) is 0 Å². The quantitative estimate of drug-likeness (QED) is 0.415. The average Bonchev–Trinajstić information content (AvgIpc) is 2.56. The van der Waals surface area contributed by atoms with Crippen LogP contribution in [-0.4, -0.2) is 68.6 Å². The lowest BCUT2D eigenvalue weighted by molar-refractivity contribution is -0.119. The van der Waals surface area contributed by atoms with E-state index in [0.717, 1.165) is 38.0 Å². The van der Waals surface area contributed by atoms with E-state index in [0.29, 0.717) is 0 Å². The van der Waals surface area contributed by atoms with Crippen LogP contribution in [-0.2, 0) is 4.79 Å². The first kappa shape index (κ1) is 18.5. The number of nitrogens with zero attached hydrogens (tertiary/aromatic N) is 4. The average molecular weight is 418 g/mol. The van der Waals surface area contributed by atoms with Gasteiger partial charge >= 0.3 is 0 Å². The summed E-state index contributed by atoms with van der Waals surface area (Å²) >= 11 is 0. The molecule has 1 aliphatic rings. The van der Waals surface area contributed by atoms with Gasteiger partial charge in [0.2, 0.25) is 5.91 Å². The number of rotatable bonds is 3. The number of hydrogen-bond donors (Lipinski definition) is 2. The van der Waals surface area contributed by atoms with Crippen LogP contribution >= 0.6 is 24.0 Å². The summed E-state index contributed by atoms with van der Waals surface area (Å²) < 4.78 is 0. The Balaban J connectivity index is 0.00000242. The number of guanidine groups is 1. The molecule has 0 atom stereocenters. The Bertz CT molecular complexity index is 487. The van der Waals surface area contributed by atoms with Crippen molar-refractivity contribution in [3.05, 3.63) is 24.4 Å². The standard InChI is InChI=1S/C14H22N6O.HI/c1-15-13(21)11-18-14(16-2)20-9-7-19(8-10-20)12-5-3-4-6-17-12;/h3-6H,7-11H2,1-2H3,(H,15,21)(H,16,18);1H. The fourth-order valence-corrected chi connectivity index (χ4v) is 2.27. The van der Waals surface area contributed by atoms with Crippen molar-refractivity contribution in [2.75, 3.05) is 51.7 Å². The third kappa shape index (κ3) is 5.00. The van der Waals surface area contributed by atoms with E-state index in [9.17, 15) is 4.79 Å². The number of likely N-dealkylation sites (N-methyl/N-ethyl adjacent to an activating group) is 1. The van der Waals surface area contributed by atoms with Crippen LogP contribution in [0.5, 0.6) is 0 Å². The SMILES string of the molecule is CN=C(NCC(=O)NC)N1CCN(c2ccccn2)CC1.I. The predicted octanol–water partition coefficient (Wildman–Crippen LogP) is 0.143. The van der Waals surface area contributed by atoms with Gasteiger partial charge < -0.3 is 20.4 Å². The second kappa shape index (κ2) is 9.44. The monoisotopic (exact) mass is 418 g/mol. The molecular formula is C14H23IN6O. The van der Waals surface area contributed by atoms with E-state index < -0.39 is 0 Å². The third-order valence-electron chi connectivity index (χ3n) is 3.45. The van der Waals surface area contributed by atoms with E-state index in [1.165, 1.54) is 0 Å². The number of carbonyl (C=O) groups excluding carboxylic acids is 1. The van der Waals surface area contributed by atoms with E-state index in [-0.39, 0.29) is 36.4 Å². The molecule has 0 radical (unpaired) electrons. The molecule has 1 amide bonds. The summed E-state index contributed by atoms with van der Waals surface area (Å²) in [5.41, 5.74) is 0. The fraction of sp³-hybridized carbons (Fsp3) is 0.500. The summed E-state index contributed by atoms with van der Waals surface area (Å²) in [6, 6.07) is 5.94. The van der Waals surface area contributed by atoms with Crippen LogP contribution in [0.15, 0.2) is 29.4 Å². The Morgan fingerprint density at radius 3 is 2.59 bits per heavy atom. The summed E-state index contributed by atoms with van der Waals surface area (Å²) in [7, 11) is 3.36. The van der Waals surface area contributed by atoms with Crippen molar-refractivity contribution in [2.24, 2.45) is 4.99 Å². The number of pyridine rings is 1. The molecule has 1 fully saturated rings. The number of amides is 1. The molecule has 0 aromatic carbocycles. The minimum Gasteiger partial charge on any atom is -0.358 e. The van der Waals surface area contributed by atoms with Gasteiger partial charge in [-0.2, -0.15) is 0 Å². The number of nitrogens with one attached hydrogen (secondary N) is 2. The molecule has 1 aliphatic heterocycles. The highest BCUT2D eigenvalue weighted by Crippen LogP contribution is 2.12. The molecule has 1 aromatic rings.